The highest BCUT2D eigenvalue weighted by molar-refractivity contribution is 7.89. The van der Waals surface area contributed by atoms with Crippen LogP contribution in [0, 0.1) is 11.8 Å². The van der Waals surface area contributed by atoms with Crippen molar-refractivity contribution >= 4 is 27.3 Å². The average Bonchev–Trinajstić information content (AvgIpc) is 3.25. The van der Waals surface area contributed by atoms with Crippen molar-refractivity contribution in [2.75, 3.05) is 14.2 Å². The maximum Gasteiger partial charge on any atom is 0.252 e. The van der Waals surface area contributed by atoms with Crippen molar-refractivity contribution in [3.8, 4) is 0 Å². The summed E-state index contributed by atoms with van der Waals surface area (Å²) in [6.45, 7) is 0. The molecule has 0 aromatic heterocycles. The Morgan fingerprint density at radius 1 is 0.903 bits per heavy atom. The summed E-state index contributed by atoms with van der Waals surface area (Å²) in [5.74, 6) is 0.436. The summed E-state index contributed by atoms with van der Waals surface area (Å²) in [4.78, 5) is 0. The largest absolute Gasteiger partial charge is 0.379 e. The number of methoxy groups -OCH3 is 2. The van der Waals surface area contributed by atoms with E-state index >= 15 is 0 Å². The van der Waals surface area contributed by atoms with Crippen molar-refractivity contribution in [3.05, 3.63) is 0 Å². The fourth-order valence-corrected chi connectivity index (χ4v) is 8.84. The second-order valence-corrected chi connectivity index (χ2v) is 12.6. The fraction of sp³-hybridized carbons (Fsp3) is 0.957. The van der Waals surface area contributed by atoms with Crippen LogP contribution in [-0.2, 0) is 19.5 Å². The lowest BCUT2D eigenvalue weighted by atomic mass is 9.78. The van der Waals surface area contributed by atoms with Crippen LogP contribution in [-0.4, -0.2) is 61.6 Å². The van der Waals surface area contributed by atoms with Crippen molar-refractivity contribution in [2.24, 2.45) is 16.9 Å². The molecule has 3 aliphatic carbocycles. The van der Waals surface area contributed by atoms with Gasteiger partial charge in [0.25, 0.3) is 10.0 Å². The van der Waals surface area contributed by atoms with Crippen LogP contribution >= 0.6 is 11.6 Å². The van der Waals surface area contributed by atoms with Gasteiger partial charge in [0.15, 0.2) is 0 Å². The minimum atomic E-state index is -3.46. The third-order valence-corrected chi connectivity index (χ3v) is 10.9. The van der Waals surface area contributed by atoms with Crippen LogP contribution < -0.4 is 0 Å². The molecular formula is C23H39ClN2O4S. The molecule has 3 fully saturated rings. The van der Waals surface area contributed by atoms with E-state index in [0.29, 0.717) is 0 Å². The molecule has 6 unspecified atom stereocenters. The molecule has 0 aromatic carbocycles. The molecule has 178 valence electrons. The molecule has 1 aliphatic heterocycles. The van der Waals surface area contributed by atoms with E-state index in [1.807, 2.05) is 0 Å². The second-order valence-electron chi connectivity index (χ2n) is 9.96. The number of hydrazone groups is 1. The van der Waals surface area contributed by atoms with E-state index in [4.69, 9.17) is 26.2 Å². The molecule has 0 aromatic rings. The molecule has 6 atom stereocenters. The number of sulfonamides is 1. The lowest BCUT2D eigenvalue weighted by Gasteiger charge is -2.37. The van der Waals surface area contributed by atoms with Gasteiger partial charge in [-0.05, 0) is 50.9 Å². The monoisotopic (exact) mass is 474 g/mol. The molecular weight excluding hydrogens is 436 g/mol. The summed E-state index contributed by atoms with van der Waals surface area (Å²) >= 11 is 6.77. The van der Waals surface area contributed by atoms with Crippen LogP contribution in [0.2, 0.25) is 0 Å². The minimum absolute atomic E-state index is 0.0318. The third-order valence-electron chi connectivity index (χ3n) is 8.20. The first-order chi connectivity index (χ1) is 15.0. The molecule has 6 nitrogen and oxygen atoms in total. The average molecular weight is 475 g/mol. The Labute approximate surface area is 193 Å². The smallest absolute Gasteiger partial charge is 0.252 e. The molecule has 0 spiro atoms. The summed E-state index contributed by atoms with van der Waals surface area (Å²) < 4.78 is 40.3. The molecule has 4 rings (SSSR count). The van der Waals surface area contributed by atoms with Crippen molar-refractivity contribution < 1.29 is 17.9 Å². The molecule has 0 amide bonds. The van der Waals surface area contributed by atoms with Gasteiger partial charge in [0, 0.05) is 37.6 Å². The molecule has 1 heterocycles. The van der Waals surface area contributed by atoms with Crippen molar-refractivity contribution in [2.45, 2.75) is 112 Å². The Hall–Kier alpha value is -0.370. The van der Waals surface area contributed by atoms with E-state index in [1.54, 1.807) is 18.6 Å². The summed E-state index contributed by atoms with van der Waals surface area (Å²) in [6.07, 6.45) is 12.5. The number of halogens is 1. The van der Waals surface area contributed by atoms with Gasteiger partial charge in [-0.25, -0.2) is 8.42 Å². The number of ether oxygens (including phenoxy) is 2. The molecule has 4 aliphatic rings. The lowest BCUT2D eigenvalue weighted by molar-refractivity contribution is -0.0639. The predicted octanol–water partition coefficient (Wildman–Crippen LogP) is 4.71. The SMILES string of the molecule is COC1CCC(C2=NN(S(=O)(=O)C3CCCCC3)C(C3CCCCC3Cl)C2)CC1OC. The quantitative estimate of drug-likeness (QED) is 0.523. The molecule has 0 saturated heterocycles. The van der Waals surface area contributed by atoms with E-state index in [9.17, 15) is 8.42 Å². The van der Waals surface area contributed by atoms with Gasteiger partial charge < -0.3 is 9.47 Å². The van der Waals surface area contributed by atoms with Gasteiger partial charge in [-0.15, -0.1) is 11.6 Å². The van der Waals surface area contributed by atoms with Gasteiger partial charge in [0.1, 0.15) is 0 Å². The van der Waals surface area contributed by atoms with Crippen LogP contribution in [0.3, 0.4) is 0 Å². The summed E-state index contributed by atoms with van der Waals surface area (Å²) in [7, 11) is 0.0143. The van der Waals surface area contributed by atoms with Gasteiger partial charge in [0.05, 0.1) is 23.5 Å². The number of hydrogen-bond acceptors (Lipinski definition) is 5. The minimum Gasteiger partial charge on any atom is -0.379 e. The highest BCUT2D eigenvalue weighted by Crippen LogP contribution is 2.42. The number of alkyl halides is 1. The second kappa shape index (κ2) is 10.3. The maximum absolute atomic E-state index is 13.7. The molecule has 0 bridgehead atoms. The number of rotatable bonds is 6. The van der Waals surface area contributed by atoms with Crippen LogP contribution in [0.4, 0.5) is 0 Å². The molecule has 8 heteroatoms. The fourth-order valence-electron chi connectivity index (χ4n) is 6.33. The first-order valence-electron chi connectivity index (χ1n) is 12.3. The van der Waals surface area contributed by atoms with Crippen molar-refractivity contribution in [3.63, 3.8) is 0 Å². The Bertz CT molecular complexity index is 740. The summed E-state index contributed by atoms with van der Waals surface area (Å²) in [5.41, 5.74) is 1.04. The van der Waals surface area contributed by atoms with Crippen molar-refractivity contribution in [1.29, 1.82) is 0 Å². The van der Waals surface area contributed by atoms with E-state index in [2.05, 4.69) is 0 Å². The summed E-state index contributed by atoms with van der Waals surface area (Å²) in [5, 5.41) is 4.62. The van der Waals surface area contributed by atoms with Gasteiger partial charge in [-0.3, -0.25) is 0 Å². The van der Waals surface area contributed by atoms with E-state index < -0.39 is 10.0 Å². The van der Waals surface area contributed by atoms with Gasteiger partial charge in [0.2, 0.25) is 0 Å². The van der Waals surface area contributed by atoms with Gasteiger partial charge >= 0.3 is 0 Å². The van der Waals surface area contributed by atoms with Gasteiger partial charge in [-0.1, -0.05) is 32.1 Å². The van der Waals surface area contributed by atoms with E-state index in [0.717, 1.165) is 89.2 Å². The Balaban J connectivity index is 1.59. The highest BCUT2D eigenvalue weighted by Gasteiger charge is 2.47. The maximum atomic E-state index is 13.7. The summed E-state index contributed by atoms with van der Waals surface area (Å²) in [6, 6.07) is -0.120. The van der Waals surface area contributed by atoms with Crippen LogP contribution in [0.15, 0.2) is 5.10 Å². The zero-order valence-corrected chi connectivity index (χ0v) is 20.6. The Morgan fingerprint density at radius 3 is 2.26 bits per heavy atom. The normalized spacial score (nSPS) is 38.3. The molecule has 3 saturated carbocycles. The highest BCUT2D eigenvalue weighted by atomic mass is 35.5. The van der Waals surface area contributed by atoms with Crippen molar-refractivity contribution in [1.82, 2.24) is 4.41 Å². The molecule has 0 N–H and O–H groups in total. The van der Waals surface area contributed by atoms with Crippen LogP contribution in [0.5, 0.6) is 0 Å². The van der Waals surface area contributed by atoms with Gasteiger partial charge in [-0.2, -0.15) is 9.52 Å². The Kier molecular flexibility index (Phi) is 7.88. The van der Waals surface area contributed by atoms with E-state index in [-0.39, 0.29) is 40.7 Å². The third kappa shape index (κ3) is 4.95. The number of hydrogen-bond donors (Lipinski definition) is 0. The zero-order valence-electron chi connectivity index (χ0n) is 19.0. The van der Waals surface area contributed by atoms with Crippen LogP contribution in [0.1, 0.15) is 83.5 Å². The predicted molar refractivity (Wildman–Crippen MR) is 124 cm³/mol. The number of nitrogens with zero attached hydrogens (tertiary/aromatic N) is 2. The first kappa shape index (κ1) is 23.8. The van der Waals surface area contributed by atoms with Crippen LogP contribution in [0.25, 0.3) is 0 Å². The topological polar surface area (TPSA) is 68.2 Å². The van der Waals surface area contributed by atoms with E-state index in [1.165, 1.54) is 0 Å². The zero-order chi connectivity index (χ0) is 22.0. The Morgan fingerprint density at radius 2 is 1.58 bits per heavy atom. The molecule has 31 heavy (non-hydrogen) atoms. The standard InChI is InChI=1S/C23H39ClN2O4S/c1-29-22-13-12-16(14-23(22)30-2)20-15-21(18-10-6-7-11-19(18)24)26(25-20)31(27,28)17-8-4-3-5-9-17/h16-19,21-23H,3-15H2,1-2H3. The first-order valence-corrected chi connectivity index (χ1v) is 14.2. The molecule has 0 radical (unpaired) electrons. The lowest BCUT2D eigenvalue weighted by Crippen LogP contribution is -2.46.